The van der Waals surface area contributed by atoms with Crippen molar-refractivity contribution in [2.75, 3.05) is 38.2 Å². The molecule has 1 aromatic heterocycles. The van der Waals surface area contributed by atoms with E-state index >= 15 is 0 Å². The lowest BCUT2D eigenvalue weighted by Gasteiger charge is -2.31. The first-order chi connectivity index (χ1) is 7.29. The Labute approximate surface area is 88.6 Å². The first-order valence-electron chi connectivity index (χ1n) is 5.11. The van der Waals surface area contributed by atoms with Crippen LogP contribution >= 0.6 is 0 Å². The van der Waals surface area contributed by atoms with Crippen molar-refractivity contribution in [3.63, 3.8) is 0 Å². The first kappa shape index (κ1) is 10.4. The Hall–Kier alpha value is -1.14. The molecule has 1 atom stereocenters. The molecule has 6 heteroatoms. The number of hydrogen-bond acceptors (Lipinski definition) is 6. The topological polar surface area (TPSA) is 63.4 Å². The zero-order valence-electron chi connectivity index (χ0n) is 9.06. The molecule has 1 fully saturated rings. The van der Waals surface area contributed by atoms with E-state index in [0.717, 1.165) is 19.6 Å². The third-order valence-corrected chi connectivity index (χ3v) is 2.36. The molecule has 1 aliphatic heterocycles. The van der Waals surface area contributed by atoms with E-state index in [1.807, 2.05) is 14.0 Å². The Bertz CT molecular complexity index is 313. The second kappa shape index (κ2) is 4.59. The molecule has 0 bridgehead atoms. The molecule has 0 saturated carbocycles. The SMILES string of the molecule is CNCC1CN(c2nc(C)no2)CCO1. The highest BCUT2D eigenvalue weighted by molar-refractivity contribution is 5.25. The number of aromatic nitrogens is 2. The van der Waals surface area contributed by atoms with Crippen molar-refractivity contribution in [2.45, 2.75) is 13.0 Å². The van der Waals surface area contributed by atoms with Crippen molar-refractivity contribution >= 4 is 6.01 Å². The number of ether oxygens (including phenoxy) is 1. The van der Waals surface area contributed by atoms with Crippen LogP contribution in [0.25, 0.3) is 0 Å². The van der Waals surface area contributed by atoms with Gasteiger partial charge in [0.15, 0.2) is 5.82 Å². The molecule has 15 heavy (non-hydrogen) atoms. The van der Waals surface area contributed by atoms with Crippen molar-refractivity contribution in [3.05, 3.63) is 5.82 Å². The van der Waals surface area contributed by atoms with Gasteiger partial charge in [-0.05, 0) is 14.0 Å². The minimum Gasteiger partial charge on any atom is -0.373 e. The maximum atomic E-state index is 5.58. The van der Waals surface area contributed by atoms with Gasteiger partial charge in [0.05, 0.1) is 12.7 Å². The summed E-state index contributed by atoms with van der Waals surface area (Å²) in [6.07, 6.45) is 0.191. The van der Waals surface area contributed by atoms with Gasteiger partial charge in [-0.3, -0.25) is 0 Å². The number of hydrogen-bond donors (Lipinski definition) is 1. The fourth-order valence-electron chi connectivity index (χ4n) is 1.66. The number of likely N-dealkylation sites (N-methyl/N-ethyl adjacent to an activating group) is 1. The summed E-state index contributed by atoms with van der Waals surface area (Å²) in [7, 11) is 1.92. The summed E-state index contributed by atoms with van der Waals surface area (Å²) >= 11 is 0. The highest BCUT2D eigenvalue weighted by Crippen LogP contribution is 2.14. The summed E-state index contributed by atoms with van der Waals surface area (Å²) in [6.45, 7) is 4.96. The number of nitrogens with zero attached hydrogens (tertiary/aromatic N) is 3. The molecule has 1 aliphatic rings. The molecule has 0 aromatic carbocycles. The molecule has 2 heterocycles. The van der Waals surface area contributed by atoms with Gasteiger partial charge >= 0.3 is 6.01 Å². The normalized spacial score (nSPS) is 22.0. The van der Waals surface area contributed by atoms with Gasteiger partial charge < -0.3 is 19.5 Å². The van der Waals surface area contributed by atoms with E-state index in [4.69, 9.17) is 9.26 Å². The lowest BCUT2D eigenvalue weighted by atomic mass is 10.3. The molecular weight excluding hydrogens is 196 g/mol. The lowest BCUT2D eigenvalue weighted by Crippen LogP contribution is -2.46. The van der Waals surface area contributed by atoms with Crippen molar-refractivity contribution in [2.24, 2.45) is 0 Å². The number of nitrogens with one attached hydrogen (secondary N) is 1. The van der Waals surface area contributed by atoms with E-state index in [1.54, 1.807) is 0 Å². The van der Waals surface area contributed by atoms with Crippen LogP contribution in [-0.4, -0.2) is 49.5 Å². The average Bonchev–Trinajstić information content (AvgIpc) is 2.66. The molecule has 1 saturated heterocycles. The van der Waals surface area contributed by atoms with Crippen LogP contribution in [0.5, 0.6) is 0 Å². The molecule has 84 valence electrons. The van der Waals surface area contributed by atoms with Crippen molar-refractivity contribution in [1.82, 2.24) is 15.5 Å². The molecule has 0 spiro atoms. The van der Waals surface area contributed by atoms with Gasteiger partial charge in [-0.2, -0.15) is 4.98 Å². The fourth-order valence-corrected chi connectivity index (χ4v) is 1.66. The highest BCUT2D eigenvalue weighted by Gasteiger charge is 2.23. The Morgan fingerprint density at radius 2 is 2.47 bits per heavy atom. The molecule has 0 radical (unpaired) electrons. The van der Waals surface area contributed by atoms with Crippen molar-refractivity contribution < 1.29 is 9.26 Å². The quantitative estimate of drug-likeness (QED) is 0.748. The summed E-state index contributed by atoms with van der Waals surface area (Å²) in [5.74, 6) is 0.668. The van der Waals surface area contributed by atoms with Crippen LogP contribution in [0.3, 0.4) is 0 Å². The molecule has 6 nitrogen and oxygen atoms in total. The number of anilines is 1. The van der Waals surface area contributed by atoms with Crippen LogP contribution in [0, 0.1) is 6.92 Å². The van der Waals surface area contributed by atoms with E-state index in [1.165, 1.54) is 0 Å². The van der Waals surface area contributed by atoms with Gasteiger partial charge in [0.2, 0.25) is 0 Å². The van der Waals surface area contributed by atoms with Gasteiger partial charge in [0.25, 0.3) is 0 Å². The number of aryl methyl sites for hydroxylation is 1. The Balaban J connectivity index is 1.98. The van der Waals surface area contributed by atoms with Gasteiger partial charge in [-0.15, -0.1) is 0 Å². The van der Waals surface area contributed by atoms with Crippen molar-refractivity contribution in [1.29, 1.82) is 0 Å². The predicted molar refractivity (Wildman–Crippen MR) is 54.9 cm³/mol. The molecule has 1 N–H and O–H groups in total. The molecule has 2 rings (SSSR count). The van der Waals surface area contributed by atoms with Crippen LogP contribution < -0.4 is 10.2 Å². The van der Waals surface area contributed by atoms with Crippen LogP contribution in [0.1, 0.15) is 5.82 Å². The van der Waals surface area contributed by atoms with Gasteiger partial charge in [-0.25, -0.2) is 0 Å². The van der Waals surface area contributed by atoms with Crippen LogP contribution in [0.15, 0.2) is 4.52 Å². The van der Waals surface area contributed by atoms with Gasteiger partial charge in [0, 0.05) is 19.6 Å². The first-order valence-corrected chi connectivity index (χ1v) is 5.11. The van der Waals surface area contributed by atoms with E-state index < -0.39 is 0 Å². The Morgan fingerprint density at radius 1 is 1.60 bits per heavy atom. The summed E-state index contributed by atoms with van der Waals surface area (Å²) in [5.41, 5.74) is 0. The molecular formula is C9H16N4O2. The molecule has 0 amide bonds. The van der Waals surface area contributed by atoms with Gasteiger partial charge in [-0.1, -0.05) is 5.16 Å². The van der Waals surface area contributed by atoms with Crippen LogP contribution in [0.4, 0.5) is 6.01 Å². The molecule has 1 aromatic rings. The summed E-state index contributed by atoms with van der Waals surface area (Å²) in [5, 5.41) is 6.87. The Kier molecular flexibility index (Phi) is 3.17. The van der Waals surface area contributed by atoms with E-state index in [0.29, 0.717) is 18.4 Å². The van der Waals surface area contributed by atoms with Crippen LogP contribution in [0.2, 0.25) is 0 Å². The third kappa shape index (κ3) is 2.45. The summed E-state index contributed by atoms with van der Waals surface area (Å²) in [4.78, 5) is 6.26. The standard InChI is InChI=1S/C9H16N4O2/c1-7-11-9(15-12-7)13-3-4-14-8(6-13)5-10-2/h8,10H,3-6H2,1-2H3. The Morgan fingerprint density at radius 3 is 3.13 bits per heavy atom. The largest absolute Gasteiger partial charge is 0.373 e. The van der Waals surface area contributed by atoms with Crippen molar-refractivity contribution in [3.8, 4) is 0 Å². The second-order valence-electron chi connectivity index (χ2n) is 3.62. The number of rotatable bonds is 3. The zero-order valence-corrected chi connectivity index (χ0v) is 9.06. The summed E-state index contributed by atoms with van der Waals surface area (Å²) < 4.78 is 10.7. The number of morpholine rings is 1. The highest BCUT2D eigenvalue weighted by atomic mass is 16.5. The fraction of sp³-hybridized carbons (Fsp3) is 0.778. The van der Waals surface area contributed by atoms with E-state index in [9.17, 15) is 0 Å². The second-order valence-corrected chi connectivity index (χ2v) is 3.62. The van der Waals surface area contributed by atoms with Crippen LogP contribution in [-0.2, 0) is 4.74 Å². The maximum absolute atomic E-state index is 5.58. The average molecular weight is 212 g/mol. The third-order valence-electron chi connectivity index (χ3n) is 2.36. The monoisotopic (exact) mass is 212 g/mol. The predicted octanol–water partition coefficient (Wildman–Crippen LogP) is -0.197. The zero-order chi connectivity index (χ0) is 10.7. The van der Waals surface area contributed by atoms with E-state index in [-0.39, 0.29) is 6.10 Å². The smallest absolute Gasteiger partial charge is 0.324 e. The minimum atomic E-state index is 0.191. The molecule has 0 aliphatic carbocycles. The molecule has 1 unspecified atom stereocenters. The van der Waals surface area contributed by atoms with Gasteiger partial charge in [0.1, 0.15) is 0 Å². The maximum Gasteiger partial charge on any atom is 0.324 e. The minimum absolute atomic E-state index is 0.191. The lowest BCUT2D eigenvalue weighted by molar-refractivity contribution is 0.0401. The summed E-state index contributed by atoms with van der Waals surface area (Å²) in [6, 6.07) is 0.594. The van der Waals surface area contributed by atoms with E-state index in [2.05, 4.69) is 20.4 Å².